The van der Waals surface area contributed by atoms with Gasteiger partial charge in [-0.3, -0.25) is 4.57 Å². The van der Waals surface area contributed by atoms with Crippen molar-refractivity contribution >= 4 is 17.7 Å². The smallest absolute Gasteiger partial charge is 0.191 e. The summed E-state index contributed by atoms with van der Waals surface area (Å²) in [6.45, 7) is 6.16. The largest absolute Gasteiger partial charge is 0.357 e. The molecule has 0 radical (unpaired) electrons. The highest BCUT2D eigenvalue weighted by molar-refractivity contribution is 7.99. The summed E-state index contributed by atoms with van der Waals surface area (Å²) in [7, 11) is 0. The minimum absolute atomic E-state index is 0.200. The Bertz CT molecular complexity index is 937. The molecule has 2 heterocycles. The fraction of sp³-hybridized carbons (Fsp3) is 0.318. The lowest BCUT2D eigenvalue weighted by Crippen LogP contribution is -2.37. The average Bonchev–Trinajstić information content (AvgIpc) is 3.19. The second-order valence-corrected chi connectivity index (χ2v) is 7.82. The highest BCUT2D eigenvalue weighted by atomic mass is 32.2. The van der Waals surface area contributed by atoms with Crippen molar-refractivity contribution in [2.24, 2.45) is 4.99 Å². The Hall–Kier alpha value is -2.87. The van der Waals surface area contributed by atoms with Gasteiger partial charge in [0.05, 0.1) is 6.54 Å². The maximum Gasteiger partial charge on any atom is 0.191 e. The first-order valence-electron chi connectivity index (χ1n) is 10.0. The Morgan fingerprint density at radius 1 is 1.13 bits per heavy atom. The number of thioether (sulfide) groups is 1. The highest BCUT2D eigenvalue weighted by Gasteiger charge is 2.03. The van der Waals surface area contributed by atoms with Crippen LogP contribution >= 0.6 is 11.8 Å². The number of hydrogen-bond donors (Lipinski definition) is 2. The summed E-state index contributed by atoms with van der Waals surface area (Å²) in [6, 6.07) is 10.6. The third-order valence-corrected chi connectivity index (χ3v) is 5.44. The molecule has 8 heteroatoms. The van der Waals surface area contributed by atoms with Gasteiger partial charge in [0.25, 0.3) is 0 Å². The molecule has 3 aromatic rings. The van der Waals surface area contributed by atoms with E-state index in [1.807, 2.05) is 55.1 Å². The molecule has 0 saturated heterocycles. The quantitative estimate of drug-likeness (QED) is 0.235. The van der Waals surface area contributed by atoms with E-state index in [-0.39, 0.29) is 5.82 Å². The van der Waals surface area contributed by atoms with Crippen LogP contribution in [0.5, 0.6) is 0 Å². The molecule has 0 spiro atoms. The minimum Gasteiger partial charge on any atom is -0.357 e. The zero-order valence-corrected chi connectivity index (χ0v) is 18.1. The van der Waals surface area contributed by atoms with Gasteiger partial charge >= 0.3 is 0 Å². The van der Waals surface area contributed by atoms with Crippen LogP contribution in [-0.2, 0) is 6.54 Å². The second kappa shape index (κ2) is 11.3. The molecule has 30 heavy (non-hydrogen) atoms. The fourth-order valence-corrected chi connectivity index (χ4v) is 3.64. The monoisotopic (exact) mass is 426 g/mol. The van der Waals surface area contributed by atoms with Gasteiger partial charge in [-0.2, -0.15) is 0 Å². The number of halogens is 1. The van der Waals surface area contributed by atoms with Gasteiger partial charge in [-0.25, -0.2) is 19.4 Å². The summed E-state index contributed by atoms with van der Waals surface area (Å²) in [4.78, 5) is 14.5. The molecule has 2 N–H and O–H groups in total. The first kappa shape index (κ1) is 21.8. The Labute approximate surface area is 181 Å². The van der Waals surface area contributed by atoms with E-state index in [2.05, 4.69) is 25.6 Å². The zero-order chi connectivity index (χ0) is 21.2. The van der Waals surface area contributed by atoms with Crippen LogP contribution in [0.25, 0.3) is 5.82 Å². The molecule has 3 rings (SSSR count). The summed E-state index contributed by atoms with van der Waals surface area (Å²) in [5.41, 5.74) is 1.04. The third kappa shape index (κ3) is 6.59. The average molecular weight is 427 g/mol. The number of guanidine groups is 1. The van der Waals surface area contributed by atoms with Crippen molar-refractivity contribution in [2.45, 2.75) is 31.7 Å². The van der Waals surface area contributed by atoms with Crippen LogP contribution in [0.4, 0.5) is 4.39 Å². The summed E-state index contributed by atoms with van der Waals surface area (Å²) in [5, 5.41) is 6.63. The number of pyridine rings is 1. The van der Waals surface area contributed by atoms with E-state index >= 15 is 0 Å². The van der Waals surface area contributed by atoms with E-state index in [1.165, 1.54) is 12.1 Å². The molecule has 158 valence electrons. The Morgan fingerprint density at radius 3 is 2.63 bits per heavy atom. The molecule has 0 aliphatic heterocycles. The van der Waals surface area contributed by atoms with Gasteiger partial charge in [-0.05, 0) is 61.9 Å². The van der Waals surface area contributed by atoms with Gasteiger partial charge in [0.1, 0.15) is 17.5 Å². The van der Waals surface area contributed by atoms with Gasteiger partial charge in [-0.1, -0.05) is 6.07 Å². The molecule has 6 nitrogen and oxygen atoms in total. The van der Waals surface area contributed by atoms with Crippen LogP contribution < -0.4 is 10.6 Å². The van der Waals surface area contributed by atoms with Crippen molar-refractivity contribution in [1.29, 1.82) is 0 Å². The van der Waals surface area contributed by atoms with Gasteiger partial charge in [-0.15, -0.1) is 11.8 Å². The van der Waals surface area contributed by atoms with Crippen molar-refractivity contribution in [3.63, 3.8) is 0 Å². The number of aryl methyl sites for hydroxylation is 1. The number of aliphatic imine (C=N–C) groups is 1. The van der Waals surface area contributed by atoms with Crippen LogP contribution in [0.2, 0.25) is 0 Å². The summed E-state index contributed by atoms with van der Waals surface area (Å²) < 4.78 is 14.9. The van der Waals surface area contributed by atoms with Crippen LogP contribution in [0.3, 0.4) is 0 Å². The van der Waals surface area contributed by atoms with Gasteiger partial charge in [0.2, 0.25) is 0 Å². The Kier molecular flexibility index (Phi) is 8.26. The molecule has 0 unspecified atom stereocenters. The molecule has 0 aliphatic carbocycles. The van der Waals surface area contributed by atoms with Crippen molar-refractivity contribution in [1.82, 2.24) is 25.2 Å². The molecular formula is C22H27FN6S. The SMILES string of the molecule is CCNC(=NCc1ccc(-n2ccnc2C)nc1)NCCCSc1ccc(F)cc1. The summed E-state index contributed by atoms with van der Waals surface area (Å²) >= 11 is 1.72. The third-order valence-electron chi connectivity index (χ3n) is 4.34. The summed E-state index contributed by atoms with van der Waals surface area (Å²) in [6.07, 6.45) is 6.49. The first-order valence-corrected chi connectivity index (χ1v) is 11.0. The lowest BCUT2D eigenvalue weighted by molar-refractivity contribution is 0.626. The van der Waals surface area contributed by atoms with Crippen LogP contribution in [0.1, 0.15) is 24.7 Å². The predicted octanol–water partition coefficient (Wildman–Crippen LogP) is 3.95. The number of nitrogens with one attached hydrogen (secondary N) is 2. The van der Waals surface area contributed by atoms with E-state index < -0.39 is 0 Å². The van der Waals surface area contributed by atoms with Crippen molar-refractivity contribution < 1.29 is 4.39 Å². The summed E-state index contributed by atoms with van der Waals surface area (Å²) in [5.74, 6) is 3.30. The fourth-order valence-electron chi connectivity index (χ4n) is 2.78. The van der Waals surface area contributed by atoms with E-state index in [0.717, 1.165) is 53.3 Å². The molecule has 0 atom stereocenters. The maximum absolute atomic E-state index is 12.9. The van der Waals surface area contributed by atoms with E-state index in [0.29, 0.717) is 6.54 Å². The Balaban J connectivity index is 1.45. The molecule has 0 bridgehead atoms. The van der Waals surface area contributed by atoms with Gasteiger partial charge in [0, 0.05) is 36.6 Å². The van der Waals surface area contributed by atoms with Crippen molar-refractivity contribution in [3.8, 4) is 5.82 Å². The van der Waals surface area contributed by atoms with Crippen molar-refractivity contribution in [2.75, 3.05) is 18.8 Å². The highest BCUT2D eigenvalue weighted by Crippen LogP contribution is 2.18. The molecular weight excluding hydrogens is 399 g/mol. The lowest BCUT2D eigenvalue weighted by Gasteiger charge is -2.11. The zero-order valence-electron chi connectivity index (χ0n) is 17.3. The number of nitrogens with zero attached hydrogens (tertiary/aromatic N) is 4. The van der Waals surface area contributed by atoms with Crippen LogP contribution in [-0.4, -0.2) is 39.3 Å². The number of hydrogen-bond acceptors (Lipinski definition) is 4. The molecule has 0 fully saturated rings. The van der Waals surface area contributed by atoms with Crippen molar-refractivity contribution in [3.05, 3.63) is 72.2 Å². The van der Waals surface area contributed by atoms with Gasteiger partial charge < -0.3 is 10.6 Å². The number of rotatable bonds is 9. The van der Waals surface area contributed by atoms with E-state index in [4.69, 9.17) is 0 Å². The molecule has 0 saturated carbocycles. The van der Waals surface area contributed by atoms with Crippen LogP contribution in [0, 0.1) is 12.7 Å². The minimum atomic E-state index is -0.200. The number of imidazole rings is 1. The molecule has 1 aromatic carbocycles. The standard InChI is InChI=1S/C22H27FN6S/c1-3-24-22(26-11-4-14-30-20-8-6-19(23)7-9-20)28-16-18-5-10-21(27-15-18)29-13-12-25-17(29)2/h5-10,12-13,15H,3-4,11,14,16H2,1-2H3,(H2,24,26,28). The molecule has 0 aliphatic rings. The molecule has 0 amide bonds. The Morgan fingerprint density at radius 2 is 1.97 bits per heavy atom. The number of benzene rings is 1. The van der Waals surface area contributed by atoms with Gasteiger partial charge in [0.15, 0.2) is 5.96 Å². The lowest BCUT2D eigenvalue weighted by atomic mass is 10.3. The normalized spacial score (nSPS) is 11.5. The van der Waals surface area contributed by atoms with E-state index in [1.54, 1.807) is 18.0 Å². The maximum atomic E-state index is 12.9. The number of aromatic nitrogens is 3. The van der Waals surface area contributed by atoms with Crippen LogP contribution in [0.15, 0.2) is 64.9 Å². The predicted molar refractivity (Wildman–Crippen MR) is 121 cm³/mol. The topological polar surface area (TPSA) is 67.1 Å². The first-order chi connectivity index (χ1) is 14.7. The second-order valence-electron chi connectivity index (χ2n) is 6.65. The van der Waals surface area contributed by atoms with E-state index in [9.17, 15) is 4.39 Å². The molecule has 2 aromatic heterocycles.